The first-order chi connectivity index (χ1) is 12.5. The Bertz CT molecular complexity index is 757. The van der Waals surface area contributed by atoms with E-state index in [-0.39, 0.29) is 23.2 Å². The predicted octanol–water partition coefficient (Wildman–Crippen LogP) is 4.18. The molecular weight excluding hydrogens is 364 g/mol. The van der Waals surface area contributed by atoms with Crippen LogP contribution >= 0.6 is 23.1 Å². The standard InChI is InChI=1S/C20H24N2O2S2/c1-14(2)21(19(24)17-5-4-12-25-17)10-11-22-18(23)13-26-20(22)16-8-6-15(3)7-9-16/h4-9,12,14,20H,10-11,13H2,1-3H3. The summed E-state index contributed by atoms with van der Waals surface area (Å²) in [4.78, 5) is 29.7. The van der Waals surface area contributed by atoms with Crippen molar-refractivity contribution in [1.82, 2.24) is 9.80 Å². The van der Waals surface area contributed by atoms with Crippen LogP contribution in [0.1, 0.15) is 40.0 Å². The van der Waals surface area contributed by atoms with Crippen molar-refractivity contribution in [3.63, 3.8) is 0 Å². The van der Waals surface area contributed by atoms with Crippen LogP contribution in [0.25, 0.3) is 0 Å². The van der Waals surface area contributed by atoms with E-state index in [0.29, 0.717) is 18.8 Å². The number of carbonyl (C=O) groups excluding carboxylic acids is 2. The fourth-order valence-corrected chi connectivity index (χ4v) is 4.95. The fourth-order valence-electron chi connectivity index (χ4n) is 3.05. The number of hydrogen-bond acceptors (Lipinski definition) is 4. The summed E-state index contributed by atoms with van der Waals surface area (Å²) in [5.41, 5.74) is 2.36. The molecule has 1 aliphatic rings. The molecule has 1 aromatic heterocycles. The molecule has 1 fully saturated rings. The third-order valence-corrected chi connectivity index (χ3v) is 6.64. The minimum absolute atomic E-state index is 0.0361. The molecule has 1 atom stereocenters. The van der Waals surface area contributed by atoms with Crippen LogP contribution in [0.3, 0.4) is 0 Å². The van der Waals surface area contributed by atoms with Crippen molar-refractivity contribution in [2.24, 2.45) is 0 Å². The molecule has 2 heterocycles. The van der Waals surface area contributed by atoms with Gasteiger partial charge in [0.2, 0.25) is 5.91 Å². The maximum atomic E-state index is 12.8. The molecule has 1 aromatic carbocycles. The number of aryl methyl sites for hydroxylation is 1. The van der Waals surface area contributed by atoms with Crippen LogP contribution in [0, 0.1) is 6.92 Å². The zero-order valence-corrected chi connectivity index (χ0v) is 17.0. The number of rotatable bonds is 6. The fraction of sp³-hybridized carbons (Fsp3) is 0.400. The van der Waals surface area contributed by atoms with Crippen molar-refractivity contribution >= 4 is 34.9 Å². The molecule has 1 unspecified atom stereocenters. The molecule has 0 bridgehead atoms. The molecule has 0 spiro atoms. The van der Waals surface area contributed by atoms with E-state index in [1.807, 2.05) is 41.2 Å². The molecule has 2 aromatic rings. The molecule has 1 saturated heterocycles. The summed E-state index contributed by atoms with van der Waals surface area (Å²) in [5.74, 6) is 0.688. The van der Waals surface area contributed by atoms with Gasteiger partial charge in [0.1, 0.15) is 5.37 Å². The van der Waals surface area contributed by atoms with Crippen LogP contribution in [-0.2, 0) is 4.79 Å². The summed E-state index contributed by atoms with van der Waals surface area (Å²) in [7, 11) is 0. The molecule has 3 rings (SSSR count). The Morgan fingerprint density at radius 3 is 2.62 bits per heavy atom. The SMILES string of the molecule is Cc1ccc(C2SCC(=O)N2CCN(C(=O)c2cccs2)C(C)C)cc1. The van der Waals surface area contributed by atoms with E-state index in [1.165, 1.54) is 16.9 Å². The normalized spacial score (nSPS) is 17.2. The first kappa shape index (κ1) is 19.0. The van der Waals surface area contributed by atoms with Gasteiger partial charge in [0.25, 0.3) is 5.91 Å². The molecule has 26 heavy (non-hydrogen) atoms. The summed E-state index contributed by atoms with van der Waals surface area (Å²) in [6.07, 6.45) is 0. The third-order valence-electron chi connectivity index (χ3n) is 4.53. The summed E-state index contributed by atoms with van der Waals surface area (Å²) in [6, 6.07) is 12.2. The van der Waals surface area contributed by atoms with Crippen molar-refractivity contribution in [2.75, 3.05) is 18.8 Å². The Hall–Kier alpha value is -1.79. The highest BCUT2D eigenvalue weighted by atomic mass is 32.2. The van der Waals surface area contributed by atoms with E-state index < -0.39 is 0 Å². The summed E-state index contributed by atoms with van der Waals surface area (Å²) in [6.45, 7) is 7.20. The number of thioether (sulfide) groups is 1. The monoisotopic (exact) mass is 388 g/mol. The van der Waals surface area contributed by atoms with Crippen molar-refractivity contribution in [3.05, 3.63) is 57.8 Å². The van der Waals surface area contributed by atoms with E-state index in [0.717, 1.165) is 10.4 Å². The van der Waals surface area contributed by atoms with Gasteiger partial charge in [-0.25, -0.2) is 0 Å². The summed E-state index contributed by atoms with van der Waals surface area (Å²) >= 11 is 3.12. The van der Waals surface area contributed by atoms with Gasteiger partial charge in [0.15, 0.2) is 0 Å². The van der Waals surface area contributed by atoms with Gasteiger partial charge in [-0.15, -0.1) is 23.1 Å². The first-order valence-corrected chi connectivity index (χ1v) is 10.7. The molecule has 138 valence electrons. The first-order valence-electron chi connectivity index (χ1n) is 8.79. The second-order valence-electron chi connectivity index (χ2n) is 6.73. The van der Waals surface area contributed by atoms with Gasteiger partial charge < -0.3 is 9.80 Å². The smallest absolute Gasteiger partial charge is 0.264 e. The van der Waals surface area contributed by atoms with Gasteiger partial charge in [-0.05, 0) is 37.8 Å². The highest BCUT2D eigenvalue weighted by molar-refractivity contribution is 8.00. The van der Waals surface area contributed by atoms with Crippen molar-refractivity contribution in [3.8, 4) is 0 Å². The molecule has 0 aliphatic carbocycles. The van der Waals surface area contributed by atoms with Crippen molar-refractivity contribution in [1.29, 1.82) is 0 Å². The number of thiophene rings is 1. The molecular formula is C20H24N2O2S2. The molecule has 0 radical (unpaired) electrons. The Labute approximate surface area is 163 Å². The van der Waals surface area contributed by atoms with Gasteiger partial charge >= 0.3 is 0 Å². The lowest BCUT2D eigenvalue weighted by atomic mass is 10.1. The van der Waals surface area contributed by atoms with Crippen LogP contribution in [-0.4, -0.2) is 46.5 Å². The van der Waals surface area contributed by atoms with E-state index in [2.05, 4.69) is 31.2 Å². The zero-order chi connectivity index (χ0) is 18.7. The van der Waals surface area contributed by atoms with E-state index in [1.54, 1.807) is 11.8 Å². The maximum absolute atomic E-state index is 12.8. The molecule has 0 N–H and O–H groups in total. The van der Waals surface area contributed by atoms with Crippen LogP contribution in [0.2, 0.25) is 0 Å². The minimum atomic E-state index is 0.0361. The minimum Gasteiger partial charge on any atom is -0.334 e. The lowest BCUT2D eigenvalue weighted by Crippen LogP contribution is -2.43. The van der Waals surface area contributed by atoms with Gasteiger partial charge in [0.05, 0.1) is 10.6 Å². The van der Waals surface area contributed by atoms with Crippen LogP contribution < -0.4 is 0 Å². The predicted molar refractivity (Wildman–Crippen MR) is 109 cm³/mol. The number of benzene rings is 1. The topological polar surface area (TPSA) is 40.6 Å². The molecule has 0 saturated carbocycles. The lowest BCUT2D eigenvalue weighted by molar-refractivity contribution is -0.128. The molecule has 1 aliphatic heterocycles. The average molecular weight is 389 g/mol. The largest absolute Gasteiger partial charge is 0.334 e. The Morgan fingerprint density at radius 2 is 2.00 bits per heavy atom. The Morgan fingerprint density at radius 1 is 1.27 bits per heavy atom. The molecule has 2 amide bonds. The second-order valence-corrected chi connectivity index (χ2v) is 8.75. The number of amides is 2. The average Bonchev–Trinajstić information content (AvgIpc) is 3.26. The van der Waals surface area contributed by atoms with Gasteiger partial charge in [-0.1, -0.05) is 35.9 Å². The summed E-state index contributed by atoms with van der Waals surface area (Å²) in [5, 5.41) is 1.95. The zero-order valence-electron chi connectivity index (χ0n) is 15.3. The second kappa shape index (κ2) is 8.27. The van der Waals surface area contributed by atoms with Gasteiger partial charge in [0, 0.05) is 19.1 Å². The number of nitrogens with zero attached hydrogens (tertiary/aromatic N) is 2. The van der Waals surface area contributed by atoms with Gasteiger partial charge in [-0.3, -0.25) is 9.59 Å². The third kappa shape index (κ3) is 4.13. The van der Waals surface area contributed by atoms with E-state index in [4.69, 9.17) is 0 Å². The Balaban J connectivity index is 1.71. The highest BCUT2D eigenvalue weighted by Crippen LogP contribution is 2.38. The number of carbonyl (C=O) groups is 2. The Kier molecular flexibility index (Phi) is 6.04. The molecule has 6 heteroatoms. The lowest BCUT2D eigenvalue weighted by Gasteiger charge is -2.31. The van der Waals surface area contributed by atoms with E-state index >= 15 is 0 Å². The quantitative estimate of drug-likeness (QED) is 0.745. The number of hydrogen-bond donors (Lipinski definition) is 0. The van der Waals surface area contributed by atoms with Gasteiger partial charge in [-0.2, -0.15) is 0 Å². The van der Waals surface area contributed by atoms with Crippen LogP contribution in [0.4, 0.5) is 0 Å². The van der Waals surface area contributed by atoms with Crippen molar-refractivity contribution < 1.29 is 9.59 Å². The van der Waals surface area contributed by atoms with Crippen LogP contribution in [0.5, 0.6) is 0 Å². The molecule has 4 nitrogen and oxygen atoms in total. The van der Waals surface area contributed by atoms with Crippen molar-refractivity contribution in [2.45, 2.75) is 32.2 Å². The maximum Gasteiger partial charge on any atom is 0.264 e. The van der Waals surface area contributed by atoms with Crippen LogP contribution in [0.15, 0.2) is 41.8 Å². The summed E-state index contributed by atoms with van der Waals surface area (Å²) < 4.78 is 0. The van der Waals surface area contributed by atoms with E-state index in [9.17, 15) is 9.59 Å². The highest BCUT2D eigenvalue weighted by Gasteiger charge is 2.33.